The van der Waals surface area contributed by atoms with Crippen molar-refractivity contribution in [1.29, 1.82) is 0 Å². The van der Waals surface area contributed by atoms with Crippen molar-refractivity contribution in [3.05, 3.63) is 65.0 Å². The number of aryl methyl sites for hydroxylation is 1. The van der Waals surface area contributed by atoms with Crippen LogP contribution >= 0.6 is 24.0 Å². The molecule has 0 saturated carbocycles. The van der Waals surface area contributed by atoms with Crippen LogP contribution < -0.4 is 20.7 Å². The van der Waals surface area contributed by atoms with Gasteiger partial charge in [0.2, 0.25) is 0 Å². The van der Waals surface area contributed by atoms with Crippen molar-refractivity contribution >= 4 is 35.8 Å². The lowest BCUT2D eigenvalue weighted by Gasteiger charge is -2.14. The van der Waals surface area contributed by atoms with Crippen LogP contribution in [-0.2, 0) is 6.54 Å². The number of benzene rings is 2. The van der Waals surface area contributed by atoms with E-state index in [0.29, 0.717) is 25.6 Å². The lowest BCUT2D eigenvalue weighted by Crippen LogP contribution is -2.41. The van der Waals surface area contributed by atoms with E-state index >= 15 is 0 Å². The number of halogens is 2. The third-order valence-electron chi connectivity index (χ3n) is 3.93. The van der Waals surface area contributed by atoms with Gasteiger partial charge in [-0.05, 0) is 30.7 Å². The minimum atomic E-state index is -0.535. The molecule has 2 aromatic carbocycles. The van der Waals surface area contributed by atoms with Crippen molar-refractivity contribution in [2.24, 2.45) is 4.99 Å². The number of aliphatic imine (C=N–C) groups is 1. The summed E-state index contributed by atoms with van der Waals surface area (Å²) in [4.78, 5) is 16.1. The van der Waals surface area contributed by atoms with E-state index in [9.17, 15) is 9.18 Å². The number of hydrogen-bond donors (Lipinski definition) is 3. The summed E-state index contributed by atoms with van der Waals surface area (Å²) >= 11 is 0. The van der Waals surface area contributed by atoms with Gasteiger partial charge in [0.25, 0.3) is 5.91 Å². The molecule has 0 aliphatic rings. The average Bonchev–Trinajstić information content (AvgIpc) is 2.68. The van der Waals surface area contributed by atoms with Gasteiger partial charge >= 0.3 is 0 Å². The minimum Gasteiger partial charge on any atom is -0.496 e. The highest BCUT2D eigenvalue weighted by Crippen LogP contribution is 2.19. The Hall–Kier alpha value is -2.36. The summed E-state index contributed by atoms with van der Waals surface area (Å²) in [6.45, 7) is 3.34. The normalized spacial score (nSPS) is 10.6. The van der Waals surface area contributed by atoms with Gasteiger partial charge in [0.15, 0.2) is 5.96 Å². The minimum absolute atomic E-state index is 0. The van der Waals surface area contributed by atoms with E-state index in [4.69, 9.17) is 4.74 Å². The van der Waals surface area contributed by atoms with Gasteiger partial charge in [-0.15, -0.1) is 24.0 Å². The third-order valence-corrected chi connectivity index (χ3v) is 3.93. The number of carbonyl (C=O) groups is 1. The van der Waals surface area contributed by atoms with E-state index in [1.807, 2.05) is 25.1 Å². The van der Waals surface area contributed by atoms with Crippen LogP contribution in [0.1, 0.15) is 21.5 Å². The molecular weight excluding hydrogens is 474 g/mol. The monoisotopic (exact) mass is 500 g/mol. The average molecular weight is 500 g/mol. The molecule has 0 aromatic heterocycles. The van der Waals surface area contributed by atoms with Crippen molar-refractivity contribution in [3.63, 3.8) is 0 Å². The van der Waals surface area contributed by atoms with Crippen LogP contribution in [0.25, 0.3) is 0 Å². The fourth-order valence-corrected chi connectivity index (χ4v) is 2.49. The van der Waals surface area contributed by atoms with Gasteiger partial charge in [-0.1, -0.05) is 24.3 Å². The van der Waals surface area contributed by atoms with E-state index in [0.717, 1.165) is 16.9 Å². The molecule has 2 aromatic rings. The molecule has 152 valence electrons. The highest BCUT2D eigenvalue weighted by Gasteiger charge is 2.10. The molecule has 0 bridgehead atoms. The number of carbonyl (C=O) groups excluding carboxylic acids is 1. The number of nitrogens with one attached hydrogen (secondary N) is 3. The molecular formula is C20H26FIN4O2. The lowest BCUT2D eigenvalue weighted by molar-refractivity contribution is 0.0950. The third kappa shape index (κ3) is 6.99. The topological polar surface area (TPSA) is 74.8 Å². The van der Waals surface area contributed by atoms with Crippen LogP contribution in [0.5, 0.6) is 5.75 Å². The van der Waals surface area contributed by atoms with Crippen LogP contribution in [0, 0.1) is 12.7 Å². The number of ether oxygens (including phenoxy) is 1. The number of guanidine groups is 1. The standard InChI is InChI=1S/C20H25FN4O2.HI/c1-14-8-9-15(18(12-14)27-3)13-25-20(22-2)24-11-10-23-19(26)16-6-4-5-7-17(16)21;/h4-9,12H,10-11,13H2,1-3H3,(H,23,26)(H2,22,24,25);1H. The predicted octanol–water partition coefficient (Wildman–Crippen LogP) is 2.86. The van der Waals surface area contributed by atoms with E-state index < -0.39 is 11.7 Å². The van der Waals surface area contributed by atoms with E-state index in [1.54, 1.807) is 26.3 Å². The summed E-state index contributed by atoms with van der Waals surface area (Å²) in [6.07, 6.45) is 0. The van der Waals surface area contributed by atoms with Crippen LogP contribution in [-0.4, -0.2) is 39.1 Å². The summed E-state index contributed by atoms with van der Waals surface area (Å²) in [7, 11) is 3.31. The summed E-state index contributed by atoms with van der Waals surface area (Å²) in [5.41, 5.74) is 2.18. The predicted molar refractivity (Wildman–Crippen MR) is 120 cm³/mol. The quantitative estimate of drug-likeness (QED) is 0.237. The molecule has 0 fully saturated rings. The zero-order valence-corrected chi connectivity index (χ0v) is 18.5. The molecule has 3 N–H and O–H groups in total. The number of rotatable bonds is 7. The first-order valence-electron chi connectivity index (χ1n) is 8.66. The smallest absolute Gasteiger partial charge is 0.254 e. The zero-order chi connectivity index (χ0) is 19.6. The molecule has 0 heterocycles. The van der Waals surface area contributed by atoms with E-state index in [-0.39, 0.29) is 29.5 Å². The second kappa shape index (κ2) is 12.2. The fourth-order valence-electron chi connectivity index (χ4n) is 2.49. The highest BCUT2D eigenvalue weighted by molar-refractivity contribution is 14.0. The Labute approximate surface area is 182 Å². The molecule has 8 heteroatoms. The summed E-state index contributed by atoms with van der Waals surface area (Å²) in [5, 5.41) is 8.97. The largest absolute Gasteiger partial charge is 0.496 e. The van der Waals surface area contributed by atoms with Crippen molar-refractivity contribution in [2.75, 3.05) is 27.2 Å². The molecule has 0 radical (unpaired) electrons. The van der Waals surface area contributed by atoms with E-state index in [1.165, 1.54) is 12.1 Å². The molecule has 28 heavy (non-hydrogen) atoms. The first-order valence-corrected chi connectivity index (χ1v) is 8.66. The van der Waals surface area contributed by atoms with Crippen molar-refractivity contribution in [2.45, 2.75) is 13.5 Å². The molecule has 0 unspecified atom stereocenters. The van der Waals surface area contributed by atoms with Gasteiger partial charge in [0.05, 0.1) is 12.7 Å². The fraction of sp³-hybridized carbons (Fsp3) is 0.300. The molecule has 1 amide bonds. The highest BCUT2D eigenvalue weighted by atomic mass is 127. The summed E-state index contributed by atoms with van der Waals surface area (Å²) in [5.74, 6) is 0.433. The molecule has 0 aliphatic carbocycles. The van der Waals surface area contributed by atoms with Gasteiger partial charge < -0.3 is 20.7 Å². The number of nitrogens with zero attached hydrogens (tertiary/aromatic N) is 1. The Morgan fingerprint density at radius 2 is 1.82 bits per heavy atom. The van der Waals surface area contributed by atoms with E-state index in [2.05, 4.69) is 20.9 Å². The Kier molecular flexibility index (Phi) is 10.3. The van der Waals surface area contributed by atoms with Gasteiger partial charge in [-0.25, -0.2) is 4.39 Å². The van der Waals surface area contributed by atoms with Crippen molar-refractivity contribution in [3.8, 4) is 5.75 Å². The molecule has 6 nitrogen and oxygen atoms in total. The molecule has 0 aliphatic heterocycles. The lowest BCUT2D eigenvalue weighted by atomic mass is 10.1. The van der Waals surface area contributed by atoms with Crippen LogP contribution in [0.2, 0.25) is 0 Å². The van der Waals surface area contributed by atoms with Crippen LogP contribution in [0.4, 0.5) is 4.39 Å². The van der Waals surface area contributed by atoms with Crippen LogP contribution in [0.3, 0.4) is 0 Å². The van der Waals surface area contributed by atoms with Crippen LogP contribution in [0.15, 0.2) is 47.5 Å². The van der Waals surface area contributed by atoms with Gasteiger partial charge in [-0.2, -0.15) is 0 Å². The first-order chi connectivity index (χ1) is 13.0. The molecule has 0 saturated heterocycles. The Morgan fingerprint density at radius 3 is 2.50 bits per heavy atom. The maximum Gasteiger partial charge on any atom is 0.254 e. The number of methoxy groups -OCH3 is 1. The summed E-state index contributed by atoms with van der Waals surface area (Å²) in [6, 6.07) is 11.9. The summed E-state index contributed by atoms with van der Waals surface area (Å²) < 4.78 is 19.0. The van der Waals surface area contributed by atoms with Crippen molar-refractivity contribution in [1.82, 2.24) is 16.0 Å². The first kappa shape index (κ1) is 23.7. The molecule has 2 rings (SSSR count). The van der Waals surface area contributed by atoms with Gasteiger partial charge in [0.1, 0.15) is 11.6 Å². The Morgan fingerprint density at radius 1 is 1.11 bits per heavy atom. The Balaban J connectivity index is 0.00000392. The maximum atomic E-state index is 13.6. The number of amides is 1. The number of hydrogen-bond acceptors (Lipinski definition) is 3. The Bertz CT molecular complexity index is 815. The SMILES string of the molecule is CN=C(NCCNC(=O)c1ccccc1F)NCc1ccc(C)cc1OC.I. The molecule has 0 atom stereocenters. The second-order valence-electron chi connectivity index (χ2n) is 5.90. The van der Waals surface area contributed by atoms with Gasteiger partial charge in [0, 0.05) is 32.2 Å². The maximum absolute atomic E-state index is 13.6. The molecule has 0 spiro atoms. The van der Waals surface area contributed by atoms with Crippen molar-refractivity contribution < 1.29 is 13.9 Å². The van der Waals surface area contributed by atoms with Gasteiger partial charge in [-0.3, -0.25) is 9.79 Å². The second-order valence-corrected chi connectivity index (χ2v) is 5.90. The zero-order valence-electron chi connectivity index (χ0n) is 16.2.